The summed E-state index contributed by atoms with van der Waals surface area (Å²) in [6.45, 7) is 3.03. The molecule has 1 N–H and O–H groups in total. The van der Waals surface area contributed by atoms with Crippen molar-refractivity contribution >= 4 is 5.91 Å². The predicted octanol–water partition coefficient (Wildman–Crippen LogP) is 1.39. The van der Waals surface area contributed by atoms with Gasteiger partial charge in [0.15, 0.2) is 0 Å². The molecule has 0 aliphatic heterocycles. The van der Waals surface area contributed by atoms with Gasteiger partial charge in [0, 0.05) is 20.2 Å². The molecule has 16 heavy (non-hydrogen) atoms. The highest BCUT2D eigenvalue weighted by Gasteiger charge is 2.08. The summed E-state index contributed by atoms with van der Waals surface area (Å²) < 4.78 is 5.04. The molecule has 0 heterocycles. The van der Waals surface area contributed by atoms with E-state index in [0.29, 0.717) is 13.2 Å². The van der Waals surface area contributed by atoms with Gasteiger partial charge in [0.25, 0.3) is 0 Å². The van der Waals surface area contributed by atoms with Gasteiger partial charge in [0.1, 0.15) is 12.4 Å². The fraction of sp³-hybridized carbons (Fsp3) is 0.417. The van der Waals surface area contributed by atoms with Crippen LogP contribution in [0.5, 0.6) is 5.75 Å². The number of likely N-dealkylation sites (N-methyl/N-ethyl adjacent to an activating group) is 1. The van der Waals surface area contributed by atoms with Crippen LogP contribution in [0, 0.1) is 0 Å². The van der Waals surface area contributed by atoms with E-state index in [1.165, 1.54) is 0 Å². The Morgan fingerprint density at radius 2 is 2.00 bits per heavy atom. The van der Waals surface area contributed by atoms with Crippen LogP contribution in [0.4, 0.5) is 0 Å². The van der Waals surface area contributed by atoms with E-state index in [4.69, 9.17) is 9.84 Å². The van der Waals surface area contributed by atoms with Gasteiger partial charge in [-0.1, -0.05) is 12.1 Å². The van der Waals surface area contributed by atoms with Crippen LogP contribution in [0.1, 0.15) is 12.5 Å². The molecule has 0 bridgehead atoms. The number of aromatic hydroxyl groups is 1. The van der Waals surface area contributed by atoms with Crippen LogP contribution < -0.4 is 0 Å². The molecule has 0 unspecified atom stereocenters. The first-order valence-corrected chi connectivity index (χ1v) is 5.23. The normalized spacial score (nSPS) is 10.1. The summed E-state index contributed by atoms with van der Waals surface area (Å²) in [4.78, 5) is 13.1. The van der Waals surface area contributed by atoms with Crippen molar-refractivity contribution in [2.24, 2.45) is 0 Å². The standard InChI is InChI=1S/C12H17NO3/c1-3-16-9-12(15)13(2)8-10-4-6-11(14)7-5-10/h4-7,14H,3,8-9H2,1-2H3. The number of carbonyl (C=O) groups is 1. The van der Waals surface area contributed by atoms with Gasteiger partial charge in [-0.05, 0) is 24.6 Å². The van der Waals surface area contributed by atoms with E-state index in [9.17, 15) is 4.79 Å². The lowest BCUT2D eigenvalue weighted by molar-refractivity contribution is -0.135. The number of hydrogen-bond donors (Lipinski definition) is 1. The largest absolute Gasteiger partial charge is 0.508 e. The molecule has 0 atom stereocenters. The molecule has 0 aromatic heterocycles. The second-order valence-electron chi connectivity index (χ2n) is 3.55. The van der Waals surface area contributed by atoms with Crippen molar-refractivity contribution < 1.29 is 14.6 Å². The minimum absolute atomic E-state index is 0.0464. The Morgan fingerprint density at radius 3 is 2.56 bits per heavy atom. The molecule has 1 aromatic rings. The van der Waals surface area contributed by atoms with Gasteiger partial charge >= 0.3 is 0 Å². The number of ether oxygens (including phenoxy) is 1. The SMILES string of the molecule is CCOCC(=O)N(C)Cc1ccc(O)cc1. The molecule has 1 amide bonds. The second kappa shape index (κ2) is 6.12. The van der Waals surface area contributed by atoms with Crippen molar-refractivity contribution in [3.63, 3.8) is 0 Å². The van der Waals surface area contributed by atoms with E-state index in [-0.39, 0.29) is 18.3 Å². The molecule has 0 radical (unpaired) electrons. The number of benzene rings is 1. The van der Waals surface area contributed by atoms with Crippen LogP contribution in [-0.4, -0.2) is 36.2 Å². The van der Waals surface area contributed by atoms with Crippen LogP contribution in [0.2, 0.25) is 0 Å². The highest BCUT2D eigenvalue weighted by atomic mass is 16.5. The zero-order valence-electron chi connectivity index (χ0n) is 9.64. The van der Waals surface area contributed by atoms with Crippen molar-refractivity contribution in [2.45, 2.75) is 13.5 Å². The second-order valence-corrected chi connectivity index (χ2v) is 3.55. The molecule has 0 spiro atoms. The summed E-state index contributed by atoms with van der Waals surface area (Å²) in [5.41, 5.74) is 0.977. The van der Waals surface area contributed by atoms with Crippen molar-refractivity contribution in [1.29, 1.82) is 0 Å². The summed E-state index contributed by atoms with van der Waals surface area (Å²) in [5, 5.41) is 9.12. The molecule has 0 aliphatic carbocycles. The maximum absolute atomic E-state index is 11.5. The number of carbonyl (C=O) groups excluding carboxylic acids is 1. The molecular weight excluding hydrogens is 206 g/mol. The number of rotatable bonds is 5. The third-order valence-corrected chi connectivity index (χ3v) is 2.21. The Hall–Kier alpha value is -1.55. The first-order chi connectivity index (χ1) is 7.63. The van der Waals surface area contributed by atoms with E-state index >= 15 is 0 Å². The summed E-state index contributed by atoms with van der Waals surface area (Å²) in [6.07, 6.45) is 0. The Labute approximate surface area is 95.5 Å². The average molecular weight is 223 g/mol. The number of amides is 1. The molecule has 0 saturated heterocycles. The molecule has 1 rings (SSSR count). The summed E-state index contributed by atoms with van der Waals surface area (Å²) in [5.74, 6) is 0.182. The molecule has 0 aliphatic rings. The monoisotopic (exact) mass is 223 g/mol. The summed E-state index contributed by atoms with van der Waals surface area (Å²) in [6, 6.07) is 6.80. The molecule has 0 fully saturated rings. The van der Waals surface area contributed by atoms with Crippen LogP contribution in [0.15, 0.2) is 24.3 Å². The van der Waals surface area contributed by atoms with Crippen molar-refractivity contribution in [3.8, 4) is 5.75 Å². The van der Waals surface area contributed by atoms with E-state index in [1.807, 2.05) is 6.92 Å². The van der Waals surface area contributed by atoms with E-state index in [1.54, 1.807) is 36.2 Å². The highest BCUT2D eigenvalue weighted by Crippen LogP contribution is 2.11. The lowest BCUT2D eigenvalue weighted by atomic mass is 10.2. The number of nitrogens with zero attached hydrogens (tertiary/aromatic N) is 1. The van der Waals surface area contributed by atoms with Gasteiger partial charge < -0.3 is 14.7 Å². The molecule has 88 valence electrons. The number of hydrogen-bond acceptors (Lipinski definition) is 3. The van der Waals surface area contributed by atoms with Gasteiger partial charge in [-0.25, -0.2) is 0 Å². The zero-order chi connectivity index (χ0) is 12.0. The zero-order valence-corrected chi connectivity index (χ0v) is 9.64. The van der Waals surface area contributed by atoms with Crippen LogP contribution in [0.25, 0.3) is 0 Å². The third kappa shape index (κ3) is 3.90. The highest BCUT2D eigenvalue weighted by molar-refractivity contribution is 5.77. The molecule has 4 heteroatoms. The van der Waals surface area contributed by atoms with Gasteiger partial charge in [0.05, 0.1) is 0 Å². The molecular formula is C12H17NO3. The van der Waals surface area contributed by atoms with E-state index in [2.05, 4.69) is 0 Å². The van der Waals surface area contributed by atoms with Crippen molar-refractivity contribution in [3.05, 3.63) is 29.8 Å². The lowest BCUT2D eigenvalue weighted by Crippen LogP contribution is -2.29. The molecule has 0 saturated carbocycles. The van der Waals surface area contributed by atoms with Crippen LogP contribution in [-0.2, 0) is 16.1 Å². The van der Waals surface area contributed by atoms with Gasteiger partial charge in [0.2, 0.25) is 5.91 Å². The first-order valence-electron chi connectivity index (χ1n) is 5.23. The van der Waals surface area contributed by atoms with Gasteiger partial charge in [-0.2, -0.15) is 0 Å². The lowest BCUT2D eigenvalue weighted by Gasteiger charge is -2.17. The number of phenols is 1. The topological polar surface area (TPSA) is 49.8 Å². The van der Waals surface area contributed by atoms with Gasteiger partial charge in [-0.15, -0.1) is 0 Å². The third-order valence-electron chi connectivity index (χ3n) is 2.21. The molecule has 1 aromatic carbocycles. The maximum Gasteiger partial charge on any atom is 0.248 e. The Balaban J connectivity index is 2.47. The van der Waals surface area contributed by atoms with Crippen molar-refractivity contribution in [2.75, 3.05) is 20.3 Å². The Bertz CT molecular complexity index is 335. The maximum atomic E-state index is 11.5. The minimum atomic E-state index is -0.0464. The summed E-state index contributed by atoms with van der Waals surface area (Å²) >= 11 is 0. The average Bonchev–Trinajstić information content (AvgIpc) is 2.29. The quantitative estimate of drug-likeness (QED) is 0.820. The fourth-order valence-corrected chi connectivity index (χ4v) is 1.26. The summed E-state index contributed by atoms with van der Waals surface area (Å²) in [7, 11) is 1.73. The molecule has 4 nitrogen and oxygen atoms in total. The van der Waals surface area contributed by atoms with Crippen molar-refractivity contribution in [1.82, 2.24) is 4.90 Å². The Kier molecular flexibility index (Phi) is 4.79. The van der Waals surface area contributed by atoms with Gasteiger partial charge in [-0.3, -0.25) is 4.79 Å². The van der Waals surface area contributed by atoms with Crippen LogP contribution >= 0.6 is 0 Å². The smallest absolute Gasteiger partial charge is 0.248 e. The Morgan fingerprint density at radius 1 is 1.38 bits per heavy atom. The van der Waals surface area contributed by atoms with E-state index in [0.717, 1.165) is 5.56 Å². The fourth-order valence-electron chi connectivity index (χ4n) is 1.26. The predicted molar refractivity (Wildman–Crippen MR) is 61.1 cm³/mol. The first kappa shape index (κ1) is 12.5. The minimum Gasteiger partial charge on any atom is -0.508 e. The number of phenolic OH excluding ortho intramolecular Hbond substituents is 1. The van der Waals surface area contributed by atoms with E-state index < -0.39 is 0 Å². The van der Waals surface area contributed by atoms with Crippen LogP contribution in [0.3, 0.4) is 0 Å².